The number of amides is 1. The van der Waals surface area contributed by atoms with Gasteiger partial charge in [0.15, 0.2) is 12.3 Å². The molecular weight excluding hydrogens is 528 g/mol. The third-order valence-corrected chi connectivity index (χ3v) is 7.60. The molecule has 2 aromatic carbocycles. The molecule has 210 valence electrons. The predicted octanol–water partition coefficient (Wildman–Crippen LogP) is 5.11. The normalized spacial score (nSPS) is 14.3. The lowest BCUT2D eigenvalue weighted by molar-refractivity contribution is -0.122. The van der Waals surface area contributed by atoms with E-state index in [1.807, 2.05) is 24.3 Å². The van der Waals surface area contributed by atoms with Crippen LogP contribution in [0.4, 0.5) is 5.69 Å². The van der Waals surface area contributed by atoms with E-state index >= 15 is 0 Å². The van der Waals surface area contributed by atoms with E-state index in [4.69, 9.17) is 26.1 Å². The number of pyridine rings is 1. The Balaban J connectivity index is 1.24. The number of imidazole rings is 1. The summed E-state index contributed by atoms with van der Waals surface area (Å²) in [5.74, 6) is 2.08. The van der Waals surface area contributed by atoms with Crippen LogP contribution in [0.1, 0.15) is 29.5 Å². The minimum atomic E-state index is -0.183. The monoisotopic (exact) mass is 562 g/mol. The van der Waals surface area contributed by atoms with Gasteiger partial charge >= 0.3 is 0 Å². The van der Waals surface area contributed by atoms with Crippen LogP contribution in [0.3, 0.4) is 0 Å². The maximum atomic E-state index is 11.4. The van der Waals surface area contributed by atoms with Crippen molar-refractivity contribution in [3.05, 3.63) is 64.3 Å². The average molecular weight is 563 g/mol. The standard InChI is InChI=1S/C30H35ClN6O3/c1-18-13-20(14-19(2)28(18)39-4)16-37-11-9-22(10-12-37)34-26-24(31)15-33-30-27(26)35-29(36-30)21-5-7-23(8-6-21)40-17-25(38)32-3/h5-8,13-15,22H,9-12,16-17H2,1-4H3,(H,32,38)(H2,33,34,35,36). The van der Waals surface area contributed by atoms with Crippen LogP contribution in [0.25, 0.3) is 22.6 Å². The number of aromatic amines is 1. The van der Waals surface area contributed by atoms with Crippen LogP contribution in [0.5, 0.6) is 11.5 Å². The first-order valence-corrected chi connectivity index (χ1v) is 13.8. The number of nitrogens with one attached hydrogen (secondary N) is 3. The number of rotatable bonds is 9. The van der Waals surface area contributed by atoms with Gasteiger partial charge < -0.3 is 25.1 Å². The summed E-state index contributed by atoms with van der Waals surface area (Å²) in [5, 5.41) is 6.77. The number of likely N-dealkylation sites (tertiary alicyclic amines) is 1. The number of fused-ring (bicyclic) bond motifs is 1. The van der Waals surface area contributed by atoms with Gasteiger partial charge in [0.25, 0.3) is 5.91 Å². The van der Waals surface area contributed by atoms with Gasteiger partial charge in [-0.3, -0.25) is 9.69 Å². The highest BCUT2D eigenvalue weighted by atomic mass is 35.5. The van der Waals surface area contributed by atoms with Crippen molar-refractivity contribution in [3.63, 3.8) is 0 Å². The molecule has 1 amide bonds. The summed E-state index contributed by atoms with van der Waals surface area (Å²) in [5.41, 5.74) is 6.76. The maximum Gasteiger partial charge on any atom is 0.257 e. The fraction of sp³-hybridized carbons (Fsp3) is 0.367. The SMILES string of the molecule is CNC(=O)COc1ccc(-c2nc3ncc(Cl)c(NC4CCN(Cc5cc(C)c(OC)c(C)c5)CC4)c3[nH]2)cc1. The quantitative estimate of drug-likeness (QED) is 0.260. The molecule has 0 spiro atoms. The number of piperidine rings is 1. The fourth-order valence-electron chi connectivity index (χ4n) is 5.29. The number of ether oxygens (including phenoxy) is 2. The third kappa shape index (κ3) is 6.16. The second kappa shape index (κ2) is 12.1. The van der Waals surface area contributed by atoms with Crippen LogP contribution in [-0.2, 0) is 11.3 Å². The van der Waals surface area contributed by atoms with Crippen molar-refractivity contribution in [2.24, 2.45) is 0 Å². The van der Waals surface area contributed by atoms with Crippen LogP contribution in [0, 0.1) is 13.8 Å². The van der Waals surface area contributed by atoms with Crippen molar-refractivity contribution in [1.82, 2.24) is 25.2 Å². The van der Waals surface area contributed by atoms with Gasteiger partial charge in [0, 0.05) is 38.3 Å². The van der Waals surface area contributed by atoms with Crippen LogP contribution in [0.2, 0.25) is 5.02 Å². The molecule has 0 radical (unpaired) electrons. The second-order valence-corrected chi connectivity index (χ2v) is 10.6. The zero-order valence-corrected chi connectivity index (χ0v) is 24.1. The molecule has 0 aliphatic carbocycles. The number of aromatic nitrogens is 3. The number of carbonyl (C=O) groups is 1. The lowest BCUT2D eigenvalue weighted by Gasteiger charge is -2.33. The largest absolute Gasteiger partial charge is 0.496 e. The number of likely N-dealkylation sites (N-methyl/N-ethyl adjacent to an activating group) is 1. The number of aryl methyl sites for hydroxylation is 2. The van der Waals surface area contributed by atoms with Crippen molar-refractivity contribution in [2.45, 2.75) is 39.3 Å². The van der Waals surface area contributed by atoms with Crippen LogP contribution in [-0.4, -0.2) is 65.7 Å². The Bertz CT molecular complexity index is 1470. The van der Waals surface area contributed by atoms with E-state index in [2.05, 4.69) is 51.5 Å². The number of nitrogens with zero attached hydrogens (tertiary/aromatic N) is 3. The summed E-state index contributed by atoms with van der Waals surface area (Å²) in [4.78, 5) is 26.5. The van der Waals surface area contributed by atoms with Crippen LogP contribution in [0.15, 0.2) is 42.6 Å². The number of hydrogen-bond acceptors (Lipinski definition) is 7. The van der Waals surface area contributed by atoms with Gasteiger partial charge in [-0.15, -0.1) is 0 Å². The lowest BCUT2D eigenvalue weighted by Crippen LogP contribution is -2.38. The van der Waals surface area contributed by atoms with Crippen molar-refractivity contribution in [1.29, 1.82) is 0 Å². The Morgan fingerprint density at radius 2 is 1.85 bits per heavy atom. The molecule has 9 nitrogen and oxygen atoms in total. The molecule has 1 aliphatic heterocycles. The fourth-order valence-corrected chi connectivity index (χ4v) is 5.49. The molecule has 1 saturated heterocycles. The van der Waals surface area contributed by atoms with Gasteiger partial charge in [0.05, 0.1) is 24.0 Å². The minimum absolute atomic E-state index is 0.0301. The van der Waals surface area contributed by atoms with E-state index in [1.165, 1.54) is 16.7 Å². The molecule has 1 aliphatic rings. The van der Waals surface area contributed by atoms with E-state index in [9.17, 15) is 4.79 Å². The van der Waals surface area contributed by atoms with Gasteiger partial charge in [-0.05, 0) is 67.6 Å². The molecule has 1 fully saturated rings. The Labute approximate surface area is 239 Å². The molecule has 3 N–H and O–H groups in total. The molecule has 40 heavy (non-hydrogen) atoms. The molecule has 0 atom stereocenters. The number of methoxy groups -OCH3 is 1. The van der Waals surface area contributed by atoms with Crippen molar-refractivity contribution >= 4 is 34.4 Å². The van der Waals surface area contributed by atoms with Gasteiger partial charge in [-0.2, -0.15) is 0 Å². The number of anilines is 1. The molecule has 5 rings (SSSR count). The first-order valence-electron chi connectivity index (χ1n) is 13.5. The summed E-state index contributed by atoms with van der Waals surface area (Å²) in [6.07, 6.45) is 3.66. The van der Waals surface area contributed by atoms with Crippen molar-refractivity contribution in [2.75, 3.05) is 39.2 Å². The highest BCUT2D eigenvalue weighted by Gasteiger charge is 2.22. The molecular formula is C30H35ClN6O3. The molecule has 0 unspecified atom stereocenters. The topological polar surface area (TPSA) is 104 Å². The molecule has 4 aromatic rings. The molecule has 0 saturated carbocycles. The summed E-state index contributed by atoms with van der Waals surface area (Å²) < 4.78 is 11.0. The summed E-state index contributed by atoms with van der Waals surface area (Å²) in [6.45, 7) is 7.10. The zero-order chi connectivity index (χ0) is 28.2. The smallest absolute Gasteiger partial charge is 0.257 e. The van der Waals surface area contributed by atoms with E-state index in [0.717, 1.165) is 55.0 Å². The molecule has 2 aromatic heterocycles. The average Bonchev–Trinajstić information content (AvgIpc) is 3.39. The van der Waals surface area contributed by atoms with Crippen molar-refractivity contribution < 1.29 is 14.3 Å². The van der Waals surface area contributed by atoms with Gasteiger partial charge in [0.1, 0.15) is 22.8 Å². The number of carbonyl (C=O) groups excluding carboxylic acids is 1. The first kappa shape index (κ1) is 27.7. The van der Waals surface area contributed by atoms with Crippen LogP contribution >= 0.6 is 11.6 Å². The maximum absolute atomic E-state index is 11.4. The van der Waals surface area contributed by atoms with Gasteiger partial charge in [-0.25, -0.2) is 9.97 Å². The number of hydrogen-bond donors (Lipinski definition) is 3. The number of halogens is 1. The number of H-pyrrole nitrogens is 1. The highest BCUT2D eigenvalue weighted by Crippen LogP contribution is 2.33. The Morgan fingerprint density at radius 3 is 2.50 bits per heavy atom. The van der Waals surface area contributed by atoms with E-state index in [-0.39, 0.29) is 12.5 Å². The van der Waals surface area contributed by atoms with Crippen LogP contribution < -0.4 is 20.1 Å². The Morgan fingerprint density at radius 1 is 1.15 bits per heavy atom. The van der Waals surface area contributed by atoms with Gasteiger partial charge in [-0.1, -0.05) is 23.7 Å². The molecule has 0 bridgehead atoms. The van der Waals surface area contributed by atoms with E-state index < -0.39 is 0 Å². The summed E-state index contributed by atoms with van der Waals surface area (Å²) in [7, 11) is 3.30. The minimum Gasteiger partial charge on any atom is -0.496 e. The highest BCUT2D eigenvalue weighted by molar-refractivity contribution is 6.34. The summed E-state index contributed by atoms with van der Waals surface area (Å²) >= 11 is 6.62. The molecule has 10 heteroatoms. The first-order chi connectivity index (χ1) is 19.3. The van der Waals surface area contributed by atoms with E-state index in [1.54, 1.807) is 20.4 Å². The third-order valence-electron chi connectivity index (χ3n) is 7.32. The van der Waals surface area contributed by atoms with Crippen molar-refractivity contribution in [3.8, 4) is 22.9 Å². The van der Waals surface area contributed by atoms with Gasteiger partial charge in [0.2, 0.25) is 0 Å². The Hall–Kier alpha value is -3.82. The summed E-state index contributed by atoms with van der Waals surface area (Å²) in [6, 6.07) is 12.2. The second-order valence-electron chi connectivity index (χ2n) is 10.2. The molecule has 3 heterocycles. The van der Waals surface area contributed by atoms with E-state index in [0.29, 0.717) is 28.3 Å². The zero-order valence-electron chi connectivity index (χ0n) is 23.3. The number of benzene rings is 2. The predicted molar refractivity (Wildman–Crippen MR) is 158 cm³/mol. The lowest BCUT2D eigenvalue weighted by atomic mass is 10.0. The Kier molecular flexibility index (Phi) is 8.42.